The summed E-state index contributed by atoms with van der Waals surface area (Å²) in [7, 11) is 0. The Morgan fingerprint density at radius 3 is 2.65 bits per heavy atom. The van der Waals surface area contributed by atoms with Crippen LogP contribution in [0.2, 0.25) is 0 Å². The maximum atomic E-state index is 6.75. The zero-order valence-corrected chi connectivity index (χ0v) is 11.4. The van der Waals surface area contributed by atoms with Crippen LogP contribution in [0.1, 0.15) is 55.7 Å². The maximum absolute atomic E-state index is 6.75. The van der Waals surface area contributed by atoms with E-state index < -0.39 is 0 Å². The van der Waals surface area contributed by atoms with Gasteiger partial charge < -0.3 is 5.73 Å². The largest absolute Gasteiger partial charge is 0.321 e. The summed E-state index contributed by atoms with van der Waals surface area (Å²) in [6.07, 6.45) is 6.26. The van der Waals surface area contributed by atoms with E-state index in [1.165, 1.54) is 42.4 Å². The second kappa shape index (κ2) is 4.81. The highest BCUT2D eigenvalue weighted by Crippen LogP contribution is 2.41. The molecular formula is C16H25N. The molecule has 0 amide bonds. The first kappa shape index (κ1) is 12.6. The fraction of sp³-hybridized carbons (Fsp3) is 0.625. The molecule has 0 aromatic heterocycles. The molecule has 0 saturated heterocycles. The molecule has 1 heteroatoms. The zero-order valence-electron chi connectivity index (χ0n) is 11.4. The molecule has 0 bridgehead atoms. The van der Waals surface area contributed by atoms with Crippen LogP contribution >= 0.6 is 0 Å². The SMILES string of the molecule is CCC1CCCCC1(N)c1ccc(C)c(C)c1. The molecular weight excluding hydrogens is 206 g/mol. The predicted molar refractivity (Wildman–Crippen MR) is 74.0 cm³/mol. The molecule has 1 nitrogen and oxygen atoms in total. The van der Waals surface area contributed by atoms with Gasteiger partial charge >= 0.3 is 0 Å². The number of rotatable bonds is 2. The van der Waals surface area contributed by atoms with E-state index in [0.29, 0.717) is 5.92 Å². The van der Waals surface area contributed by atoms with Crippen LogP contribution in [0.4, 0.5) is 0 Å². The number of benzene rings is 1. The molecule has 2 rings (SSSR count). The van der Waals surface area contributed by atoms with Crippen LogP contribution in [0.5, 0.6) is 0 Å². The molecule has 2 N–H and O–H groups in total. The van der Waals surface area contributed by atoms with Crippen molar-refractivity contribution in [1.29, 1.82) is 0 Å². The van der Waals surface area contributed by atoms with Gasteiger partial charge in [-0.3, -0.25) is 0 Å². The minimum atomic E-state index is -0.0779. The number of aryl methyl sites for hydroxylation is 2. The van der Waals surface area contributed by atoms with Crippen molar-refractivity contribution < 1.29 is 0 Å². The molecule has 0 spiro atoms. The lowest BCUT2D eigenvalue weighted by Crippen LogP contribution is -2.46. The van der Waals surface area contributed by atoms with E-state index in [4.69, 9.17) is 5.73 Å². The van der Waals surface area contributed by atoms with Crippen molar-refractivity contribution in [2.75, 3.05) is 0 Å². The van der Waals surface area contributed by atoms with Gasteiger partial charge in [-0.05, 0) is 49.3 Å². The number of hydrogen-bond acceptors (Lipinski definition) is 1. The van der Waals surface area contributed by atoms with E-state index in [-0.39, 0.29) is 5.54 Å². The van der Waals surface area contributed by atoms with Crippen LogP contribution in [0.15, 0.2) is 18.2 Å². The van der Waals surface area contributed by atoms with E-state index >= 15 is 0 Å². The Balaban J connectivity index is 2.37. The van der Waals surface area contributed by atoms with Gasteiger partial charge in [0, 0.05) is 5.54 Å². The van der Waals surface area contributed by atoms with Crippen molar-refractivity contribution in [3.8, 4) is 0 Å². The summed E-state index contributed by atoms with van der Waals surface area (Å²) < 4.78 is 0. The Kier molecular flexibility index (Phi) is 3.58. The lowest BCUT2D eigenvalue weighted by atomic mass is 9.68. The molecule has 1 fully saturated rings. The van der Waals surface area contributed by atoms with Gasteiger partial charge in [-0.2, -0.15) is 0 Å². The standard InChI is InChI=1S/C16H25N/c1-4-14-7-5-6-10-16(14,17)15-9-8-12(2)13(3)11-15/h8-9,11,14H,4-7,10,17H2,1-3H3. The topological polar surface area (TPSA) is 26.0 Å². The Morgan fingerprint density at radius 1 is 1.24 bits per heavy atom. The van der Waals surface area contributed by atoms with Gasteiger partial charge in [-0.1, -0.05) is 44.4 Å². The van der Waals surface area contributed by atoms with Crippen LogP contribution in [-0.2, 0) is 5.54 Å². The first-order valence-electron chi connectivity index (χ1n) is 6.94. The lowest BCUT2D eigenvalue weighted by molar-refractivity contribution is 0.184. The Hall–Kier alpha value is -0.820. The highest BCUT2D eigenvalue weighted by Gasteiger charge is 2.37. The summed E-state index contributed by atoms with van der Waals surface area (Å²) in [5.41, 5.74) is 10.8. The van der Waals surface area contributed by atoms with Crippen LogP contribution in [0.3, 0.4) is 0 Å². The summed E-state index contributed by atoms with van der Waals surface area (Å²) in [6, 6.07) is 6.78. The fourth-order valence-electron chi connectivity index (χ4n) is 3.25. The lowest BCUT2D eigenvalue weighted by Gasteiger charge is -2.41. The molecule has 2 unspecified atom stereocenters. The minimum absolute atomic E-state index is 0.0779. The van der Waals surface area contributed by atoms with Crippen molar-refractivity contribution in [3.05, 3.63) is 34.9 Å². The maximum Gasteiger partial charge on any atom is 0.0438 e. The second-order valence-electron chi connectivity index (χ2n) is 5.69. The van der Waals surface area contributed by atoms with Gasteiger partial charge in [0.25, 0.3) is 0 Å². The highest BCUT2D eigenvalue weighted by molar-refractivity contribution is 5.35. The van der Waals surface area contributed by atoms with Gasteiger partial charge in [0.15, 0.2) is 0 Å². The third-order valence-electron chi connectivity index (χ3n) is 4.66. The van der Waals surface area contributed by atoms with Crippen molar-refractivity contribution in [2.24, 2.45) is 11.7 Å². The Morgan fingerprint density at radius 2 is 2.00 bits per heavy atom. The monoisotopic (exact) mass is 231 g/mol. The third-order valence-corrected chi connectivity index (χ3v) is 4.66. The van der Waals surface area contributed by atoms with E-state index in [0.717, 1.165) is 6.42 Å². The normalized spacial score (nSPS) is 29.3. The third kappa shape index (κ3) is 2.26. The number of hydrogen-bond donors (Lipinski definition) is 1. The summed E-state index contributed by atoms with van der Waals surface area (Å²) in [6.45, 7) is 6.63. The zero-order chi connectivity index (χ0) is 12.5. The molecule has 0 aliphatic heterocycles. The fourth-order valence-corrected chi connectivity index (χ4v) is 3.25. The van der Waals surface area contributed by atoms with Crippen molar-refractivity contribution in [1.82, 2.24) is 0 Å². The Labute approximate surface area is 105 Å². The predicted octanol–water partition coefficient (Wildman–Crippen LogP) is 4.06. The second-order valence-corrected chi connectivity index (χ2v) is 5.69. The smallest absolute Gasteiger partial charge is 0.0438 e. The summed E-state index contributed by atoms with van der Waals surface area (Å²) >= 11 is 0. The summed E-state index contributed by atoms with van der Waals surface area (Å²) in [4.78, 5) is 0. The van der Waals surface area contributed by atoms with Crippen LogP contribution in [0, 0.1) is 19.8 Å². The van der Waals surface area contributed by atoms with Crippen molar-refractivity contribution in [2.45, 2.75) is 58.4 Å². The molecule has 1 aromatic carbocycles. The van der Waals surface area contributed by atoms with Crippen LogP contribution < -0.4 is 5.73 Å². The number of nitrogens with two attached hydrogens (primary N) is 1. The first-order valence-corrected chi connectivity index (χ1v) is 6.94. The van der Waals surface area contributed by atoms with Gasteiger partial charge in [0.1, 0.15) is 0 Å². The average molecular weight is 231 g/mol. The van der Waals surface area contributed by atoms with E-state index in [2.05, 4.69) is 39.0 Å². The molecule has 0 radical (unpaired) electrons. The minimum Gasteiger partial charge on any atom is -0.321 e. The quantitative estimate of drug-likeness (QED) is 0.816. The molecule has 1 aliphatic carbocycles. The molecule has 2 atom stereocenters. The van der Waals surface area contributed by atoms with E-state index in [1.54, 1.807) is 0 Å². The van der Waals surface area contributed by atoms with E-state index in [9.17, 15) is 0 Å². The molecule has 1 aromatic rings. The summed E-state index contributed by atoms with van der Waals surface area (Å²) in [5, 5.41) is 0. The van der Waals surface area contributed by atoms with E-state index in [1.807, 2.05) is 0 Å². The Bertz CT molecular complexity index is 397. The van der Waals surface area contributed by atoms with Gasteiger partial charge in [0.05, 0.1) is 0 Å². The van der Waals surface area contributed by atoms with Crippen LogP contribution in [-0.4, -0.2) is 0 Å². The first-order chi connectivity index (χ1) is 8.08. The van der Waals surface area contributed by atoms with Gasteiger partial charge in [0.2, 0.25) is 0 Å². The molecule has 1 saturated carbocycles. The molecule has 1 aliphatic rings. The van der Waals surface area contributed by atoms with Gasteiger partial charge in [-0.25, -0.2) is 0 Å². The highest BCUT2D eigenvalue weighted by atomic mass is 14.8. The molecule has 94 valence electrons. The van der Waals surface area contributed by atoms with Crippen LogP contribution in [0.25, 0.3) is 0 Å². The molecule has 0 heterocycles. The average Bonchev–Trinajstić information content (AvgIpc) is 2.33. The van der Waals surface area contributed by atoms with Crippen molar-refractivity contribution in [3.63, 3.8) is 0 Å². The van der Waals surface area contributed by atoms with Gasteiger partial charge in [-0.15, -0.1) is 0 Å². The summed E-state index contributed by atoms with van der Waals surface area (Å²) in [5.74, 6) is 0.651. The molecule has 17 heavy (non-hydrogen) atoms. The van der Waals surface area contributed by atoms with Crippen molar-refractivity contribution >= 4 is 0 Å².